The number of hydrogen-bond acceptors (Lipinski definition) is 10. The van der Waals surface area contributed by atoms with Crippen LogP contribution in [0.3, 0.4) is 0 Å². The number of anilines is 1. The Morgan fingerprint density at radius 2 is 1.91 bits per heavy atom. The molecule has 2 aromatic rings. The van der Waals surface area contributed by atoms with Crippen molar-refractivity contribution >= 4 is 35.5 Å². The summed E-state index contributed by atoms with van der Waals surface area (Å²) in [4.78, 5) is 47.4. The number of carbonyl (C=O) groups is 3. The highest BCUT2D eigenvalue weighted by molar-refractivity contribution is 6.06. The third-order valence-corrected chi connectivity index (χ3v) is 7.82. The van der Waals surface area contributed by atoms with E-state index in [1.807, 2.05) is 34.0 Å². The van der Waals surface area contributed by atoms with Gasteiger partial charge in [-0.15, -0.1) is 0 Å². The number of imidazole rings is 1. The van der Waals surface area contributed by atoms with Crippen LogP contribution in [0.2, 0.25) is 0 Å². The number of aryl methyl sites for hydroxylation is 2. The van der Waals surface area contributed by atoms with Gasteiger partial charge in [0.1, 0.15) is 12.7 Å². The van der Waals surface area contributed by atoms with E-state index in [-0.39, 0.29) is 25.4 Å². The monoisotopic (exact) mass is 607 g/mol. The van der Waals surface area contributed by atoms with Gasteiger partial charge in [0.15, 0.2) is 23.1 Å². The number of rotatable bonds is 13. The molecule has 13 nitrogen and oxygen atoms in total. The summed E-state index contributed by atoms with van der Waals surface area (Å²) in [5, 5.41) is 12.1. The molecule has 0 bridgehead atoms. The first kappa shape index (κ1) is 30.6. The Hall–Kier alpha value is -4.81. The first-order chi connectivity index (χ1) is 21.4. The van der Waals surface area contributed by atoms with Gasteiger partial charge in [-0.1, -0.05) is 0 Å². The van der Waals surface area contributed by atoms with Crippen molar-refractivity contribution in [2.75, 3.05) is 39.0 Å². The van der Waals surface area contributed by atoms with Gasteiger partial charge in [0.05, 0.1) is 33.8 Å². The number of alkyl carbamates (subject to hydrolysis) is 1. The fourth-order valence-corrected chi connectivity index (χ4v) is 5.71. The van der Waals surface area contributed by atoms with Crippen molar-refractivity contribution in [2.45, 2.75) is 57.5 Å². The van der Waals surface area contributed by atoms with Crippen LogP contribution in [0, 0.1) is 0 Å². The number of allylic oxidation sites excluding steroid dienone is 3. The molecule has 0 saturated heterocycles. The lowest BCUT2D eigenvalue weighted by molar-refractivity contribution is -0.139. The van der Waals surface area contributed by atoms with E-state index in [0.29, 0.717) is 49.7 Å². The van der Waals surface area contributed by atoms with E-state index in [1.165, 1.54) is 7.11 Å². The Kier molecular flexibility index (Phi) is 9.82. The van der Waals surface area contributed by atoms with Crippen LogP contribution < -0.4 is 24.4 Å². The maximum Gasteiger partial charge on any atom is 0.407 e. The molecular formula is C31H37N5O8. The molecule has 0 spiro atoms. The fourth-order valence-electron chi connectivity index (χ4n) is 5.71. The highest BCUT2D eigenvalue weighted by Crippen LogP contribution is 2.50. The number of ether oxygens (including phenoxy) is 4. The second-order valence-corrected chi connectivity index (χ2v) is 10.6. The van der Waals surface area contributed by atoms with E-state index in [2.05, 4.69) is 15.3 Å². The standard InChI is InChI=1S/C31H37N5O8/c1-41-28-25(16-20-8-9-24(37)21-6-3-7-22(21)27(20)29(28)42-2)43-15-10-23(30(38)39)34-31(40)44-14-5-12-35-17-26(33-19-35)36-13-4-11-32-18-36/h4,11,13,16-17,19,23H,3,5-10,12,14-15,18H2,1-2H3,(H,34,40)(H,38,39). The van der Waals surface area contributed by atoms with Crippen molar-refractivity contribution in [3.63, 3.8) is 0 Å². The summed E-state index contributed by atoms with van der Waals surface area (Å²) in [5.74, 6) is 0.987. The Labute approximate surface area is 255 Å². The molecule has 1 aromatic heterocycles. The molecule has 1 aliphatic heterocycles. The number of carbonyl (C=O) groups excluding carboxylic acids is 2. The first-order valence-corrected chi connectivity index (χ1v) is 14.7. The zero-order chi connectivity index (χ0) is 31.1. The lowest BCUT2D eigenvalue weighted by Crippen LogP contribution is -2.42. The highest BCUT2D eigenvalue weighted by Gasteiger charge is 2.32. The largest absolute Gasteiger partial charge is 0.492 e. The molecule has 2 heterocycles. The Morgan fingerprint density at radius 1 is 1.09 bits per heavy atom. The second-order valence-electron chi connectivity index (χ2n) is 10.6. The zero-order valence-corrected chi connectivity index (χ0v) is 24.9. The summed E-state index contributed by atoms with van der Waals surface area (Å²) in [7, 11) is 3.06. The number of nitrogens with zero attached hydrogens (tertiary/aromatic N) is 4. The van der Waals surface area contributed by atoms with Crippen molar-refractivity contribution < 1.29 is 38.4 Å². The van der Waals surface area contributed by atoms with Crippen LogP contribution in [0.4, 0.5) is 10.6 Å². The van der Waals surface area contributed by atoms with Gasteiger partial charge in [0.2, 0.25) is 5.75 Å². The number of aromatic nitrogens is 2. The normalized spacial score (nSPS) is 16.2. The van der Waals surface area contributed by atoms with Gasteiger partial charge in [-0.25, -0.2) is 14.6 Å². The van der Waals surface area contributed by atoms with Crippen LogP contribution in [0.25, 0.3) is 5.57 Å². The third kappa shape index (κ3) is 6.87. The van der Waals surface area contributed by atoms with Crippen molar-refractivity contribution in [1.82, 2.24) is 14.9 Å². The average Bonchev–Trinajstić information content (AvgIpc) is 3.69. The number of nitrogens with one attached hydrogen (secondary N) is 1. The van der Waals surface area contributed by atoms with E-state index in [0.717, 1.165) is 47.4 Å². The third-order valence-electron chi connectivity index (χ3n) is 7.82. The van der Waals surface area contributed by atoms with E-state index < -0.39 is 18.1 Å². The SMILES string of the molecule is COc1c(OCCC(NC(=O)OCCCn2cnc(N3C=CC=NC3)c2)C(=O)O)cc2c(c1OC)C1=C(CCC1)C(=O)CC2. The van der Waals surface area contributed by atoms with E-state index >= 15 is 0 Å². The van der Waals surface area contributed by atoms with Crippen molar-refractivity contribution in [3.8, 4) is 17.2 Å². The van der Waals surface area contributed by atoms with Gasteiger partial charge < -0.3 is 38.8 Å². The topological polar surface area (TPSA) is 154 Å². The van der Waals surface area contributed by atoms with Gasteiger partial charge in [-0.05, 0) is 61.0 Å². The molecule has 0 radical (unpaired) electrons. The Morgan fingerprint density at radius 3 is 2.66 bits per heavy atom. The maximum absolute atomic E-state index is 12.7. The lowest BCUT2D eigenvalue weighted by atomic mass is 9.95. The van der Waals surface area contributed by atoms with Gasteiger partial charge in [0, 0.05) is 43.6 Å². The molecule has 44 heavy (non-hydrogen) atoms. The van der Waals surface area contributed by atoms with Gasteiger partial charge >= 0.3 is 12.1 Å². The first-order valence-electron chi connectivity index (χ1n) is 14.7. The smallest absolute Gasteiger partial charge is 0.407 e. The number of aliphatic carboxylic acids is 1. The number of benzene rings is 1. The molecule has 0 saturated carbocycles. The van der Waals surface area contributed by atoms with Gasteiger partial charge in [-0.3, -0.25) is 9.79 Å². The minimum Gasteiger partial charge on any atom is -0.492 e. The Balaban J connectivity index is 1.13. The Bertz CT molecular complexity index is 1490. The van der Waals surface area contributed by atoms with Crippen LogP contribution in [0.5, 0.6) is 17.2 Å². The van der Waals surface area contributed by atoms with Crippen molar-refractivity contribution in [1.29, 1.82) is 0 Å². The fraction of sp³-hybridized carbons (Fsp3) is 0.452. The molecular weight excluding hydrogens is 570 g/mol. The molecule has 1 aromatic carbocycles. The highest BCUT2D eigenvalue weighted by atomic mass is 16.6. The minimum atomic E-state index is -1.23. The summed E-state index contributed by atoms with van der Waals surface area (Å²) < 4.78 is 24.5. The predicted molar refractivity (Wildman–Crippen MR) is 161 cm³/mol. The van der Waals surface area contributed by atoms with E-state index in [4.69, 9.17) is 18.9 Å². The molecule has 2 N–H and O–H groups in total. The number of carboxylic acids is 1. The zero-order valence-electron chi connectivity index (χ0n) is 24.9. The lowest BCUT2D eigenvalue weighted by Gasteiger charge is -2.21. The molecule has 0 fully saturated rings. The number of ketones is 1. The number of hydrogen-bond donors (Lipinski definition) is 2. The maximum atomic E-state index is 12.7. The number of amides is 1. The van der Waals surface area contributed by atoms with Crippen LogP contribution in [0.1, 0.15) is 49.7 Å². The van der Waals surface area contributed by atoms with Gasteiger partial charge in [0.25, 0.3) is 0 Å². The van der Waals surface area contributed by atoms with Crippen LogP contribution in [0.15, 0.2) is 41.4 Å². The molecule has 5 rings (SSSR count). The molecule has 234 valence electrons. The summed E-state index contributed by atoms with van der Waals surface area (Å²) in [6, 6.07) is 0.618. The number of Topliss-reactive ketones (excluding diaryl/α,β-unsaturated/α-hetero) is 1. The molecule has 13 heteroatoms. The number of methoxy groups -OCH3 is 2. The molecule has 1 unspecified atom stereocenters. The van der Waals surface area contributed by atoms with E-state index in [9.17, 15) is 19.5 Å². The van der Waals surface area contributed by atoms with E-state index in [1.54, 1.807) is 19.7 Å². The van der Waals surface area contributed by atoms with Crippen LogP contribution in [-0.4, -0.2) is 78.9 Å². The number of aliphatic imine (C=N–C) groups is 1. The predicted octanol–water partition coefficient (Wildman–Crippen LogP) is 3.75. The molecule has 1 atom stereocenters. The van der Waals surface area contributed by atoms with Crippen molar-refractivity contribution in [3.05, 3.63) is 47.6 Å². The van der Waals surface area contributed by atoms with Crippen LogP contribution >= 0.6 is 0 Å². The molecule has 3 aliphatic rings. The molecule has 1 amide bonds. The average molecular weight is 608 g/mol. The number of fused-ring (bicyclic) bond motifs is 2. The second kappa shape index (κ2) is 14.1. The van der Waals surface area contributed by atoms with Crippen LogP contribution in [-0.2, 0) is 27.3 Å². The minimum absolute atomic E-state index is 0.0203. The molecule has 2 aliphatic carbocycles. The summed E-state index contributed by atoms with van der Waals surface area (Å²) in [6.07, 6.45) is 12.1. The number of carboxylic acid groups (broad SMARTS) is 1. The quantitative estimate of drug-likeness (QED) is 0.322. The van der Waals surface area contributed by atoms with Gasteiger partial charge in [-0.2, -0.15) is 0 Å². The van der Waals surface area contributed by atoms with Crippen molar-refractivity contribution in [2.24, 2.45) is 4.99 Å². The summed E-state index contributed by atoms with van der Waals surface area (Å²) >= 11 is 0. The summed E-state index contributed by atoms with van der Waals surface area (Å²) in [6.45, 7) is 1.14. The summed E-state index contributed by atoms with van der Waals surface area (Å²) in [5.41, 5.74) is 3.71.